The van der Waals surface area contributed by atoms with Crippen molar-refractivity contribution < 1.29 is 13.6 Å². The maximum absolute atomic E-state index is 13.9. The van der Waals surface area contributed by atoms with Crippen LogP contribution in [0.25, 0.3) is 0 Å². The predicted molar refractivity (Wildman–Crippen MR) is 101 cm³/mol. The van der Waals surface area contributed by atoms with Crippen molar-refractivity contribution in [1.29, 1.82) is 0 Å². The van der Waals surface area contributed by atoms with Gasteiger partial charge in [0.1, 0.15) is 11.6 Å². The predicted octanol–water partition coefficient (Wildman–Crippen LogP) is 3.65. The minimum atomic E-state index is -0.463. The molecule has 4 rings (SSSR count). The summed E-state index contributed by atoms with van der Waals surface area (Å²) in [5.41, 5.74) is 0.244. The van der Waals surface area contributed by atoms with E-state index in [-0.39, 0.29) is 17.4 Å². The molecule has 1 aromatic carbocycles. The summed E-state index contributed by atoms with van der Waals surface area (Å²) in [5.74, 6) is -0.273. The molecular weight excluding hydrogens is 364 g/mol. The number of hydrogen-bond donors (Lipinski definition) is 1. The van der Waals surface area contributed by atoms with Crippen LogP contribution in [0.3, 0.4) is 0 Å². The molecule has 0 radical (unpaired) electrons. The van der Waals surface area contributed by atoms with Crippen LogP contribution in [0.15, 0.2) is 54.9 Å². The van der Waals surface area contributed by atoms with Gasteiger partial charge in [0.05, 0.1) is 12.2 Å². The van der Waals surface area contributed by atoms with Gasteiger partial charge in [-0.25, -0.2) is 18.4 Å². The van der Waals surface area contributed by atoms with Gasteiger partial charge in [0.2, 0.25) is 0 Å². The highest BCUT2D eigenvalue weighted by molar-refractivity contribution is 6.03. The zero-order valence-corrected chi connectivity index (χ0v) is 15.1. The highest BCUT2D eigenvalue weighted by Gasteiger charge is 2.25. The van der Waals surface area contributed by atoms with Crippen LogP contribution in [0.2, 0.25) is 0 Å². The average molecular weight is 383 g/mol. The highest BCUT2D eigenvalue weighted by atomic mass is 19.1. The number of amides is 1. The Morgan fingerprint density at radius 2 is 1.89 bits per heavy atom. The number of halogens is 2. The normalized spacial score (nSPS) is 14.9. The molecule has 0 atom stereocenters. The maximum atomic E-state index is 13.9. The Morgan fingerprint density at radius 3 is 2.64 bits per heavy atom. The molecule has 0 bridgehead atoms. The molecule has 1 saturated heterocycles. The molecule has 28 heavy (non-hydrogen) atoms. The monoisotopic (exact) mass is 383 g/mol. The third kappa shape index (κ3) is 3.71. The smallest absolute Gasteiger partial charge is 0.256 e. The topological polar surface area (TPSA) is 63.1 Å². The van der Waals surface area contributed by atoms with Crippen molar-refractivity contribution in [1.82, 2.24) is 14.8 Å². The van der Waals surface area contributed by atoms with Crippen molar-refractivity contribution in [3.8, 4) is 0 Å². The Morgan fingerprint density at radius 1 is 1.07 bits per heavy atom. The lowest BCUT2D eigenvalue weighted by Crippen LogP contribution is -2.36. The lowest BCUT2D eigenvalue weighted by molar-refractivity contribution is 0.102. The number of nitrogens with zero attached hydrogens (tertiary/aromatic N) is 4. The summed E-state index contributed by atoms with van der Waals surface area (Å²) in [7, 11) is 0. The van der Waals surface area contributed by atoms with E-state index in [4.69, 9.17) is 0 Å². The first-order valence-corrected chi connectivity index (χ1v) is 9.08. The van der Waals surface area contributed by atoms with Gasteiger partial charge < -0.3 is 10.2 Å². The Bertz CT molecular complexity index is 982. The first kappa shape index (κ1) is 18.1. The second-order valence-electron chi connectivity index (χ2n) is 6.65. The van der Waals surface area contributed by atoms with Gasteiger partial charge in [-0.2, -0.15) is 5.10 Å². The molecule has 1 fully saturated rings. The van der Waals surface area contributed by atoms with Crippen LogP contribution in [0.1, 0.15) is 29.2 Å². The second kappa shape index (κ2) is 7.75. The molecule has 0 unspecified atom stereocenters. The molecule has 6 nitrogen and oxygen atoms in total. The van der Waals surface area contributed by atoms with Crippen LogP contribution in [0.5, 0.6) is 0 Å². The number of piperidine rings is 1. The highest BCUT2D eigenvalue weighted by Crippen LogP contribution is 2.28. The van der Waals surface area contributed by atoms with Crippen LogP contribution in [-0.2, 0) is 0 Å². The third-order valence-corrected chi connectivity index (χ3v) is 4.85. The lowest BCUT2D eigenvalue weighted by atomic mass is 10.1. The minimum absolute atomic E-state index is 0.0702. The summed E-state index contributed by atoms with van der Waals surface area (Å²) >= 11 is 0. The summed E-state index contributed by atoms with van der Waals surface area (Å²) in [4.78, 5) is 18.4. The molecule has 1 N–H and O–H groups in total. The Labute approximate surface area is 160 Å². The third-order valence-electron chi connectivity index (χ3n) is 4.85. The summed E-state index contributed by atoms with van der Waals surface area (Å²) in [5, 5.41) is 7.13. The van der Waals surface area contributed by atoms with Gasteiger partial charge in [0, 0.05) is 30.9 Å². The van der Waals surface area contributed by atoms with Crippen molar-refractivity contribution >= 4 is 17.5 Å². The van der Waals surface area contributed by atoms with E-state index in [0.717, 1.165) is 12.8 Å². The summed E-state index contributed by atoms with van der Waals surface area (Å²) in [6, 6.07) is 10.3. The quantitative estimate of drug-likeness (QED) is 0.747. The number of nitrogens with one attached hydrogen (secondary N) is 1. The molecule has 2 aromatic heterocycles. The van der Waals surface area contributed by atoms with E-state index < -0.39 is 11.7 Å². The van der Waals surface area contributed by atoms with Gasteiger partial charge in [0.15, 0.2) is 11.6 Å². The maximum Gasteiger partial charge on any atom is 0.256 e. The molecule has 144 valence electrons. The summed E-state index contributed by atoms with van der Waals surface area (Å²) in [6.45, 7) is 1.27. The first-order chi connectivity index (χ1) is 13.6. The van der Waals surface area contributed by atoms with E-state index in [0.29, 0.717) is 24.7 Å². The number of rotatable bonds is 4. The van der Waals surface area contributed by atoms with Crippen LogP contribution < -0.4 is 10.2 Å². The van der Waals surface area contributed by atoms with Gasteiger partial charge >= 0.3 is 0 Å². The SMILES string of the molecule is O=C(Nc1ccnn1C1CCN(c2ncccc2F)CC1)c1cccc(F)c1. The molecule has 3 heterocycles. The van der Waals surface area contributed by atoms with Crippen LogP contribution in [0.4, 0.5) is 20.4 Å². The fraction of sp³-hybridized carbons (Fsp3) is 0.250. The van der Waals surface area contributed by atoms with Gasteiger partial charge in [-0.1, -0.05) is 6.07 Å². The molecular formula is C20H19F2N5O. The van der Waals surface area contributed by atoms with E-state index in [1.807, 2.05) is 4.90 Å². The molecule has 1 aliphatic heterocycles. The molecule has 8 heteroatoms. The number of aromatic nitrogens is 3. The minimum Gasteiger partial charge on any atom is -0.354 e. The fourth-order valence-corrected chi connectivity index (χ4v) is 3.45. The largest absolute Gasteiger partial charge is 0.354 e. The zero-order valence-electron chi connectivity index (χ0n) is 15.1. The molecule has 0 saturated carbocycles. The van der Waals surface area contributed by atoms with E-state index in [2.05, 4.69) is 15.4 Å². The van der Waals surface area contributed by atoms with E-state index in [9.17, 15) is 13.6 Å². The number of hydrogen-bond acceptors (Lipinski definition) is 4. The summed E-state index contributed by atoms with van der Waals surface area (Å²) < 4.78 is 29.1. The van der Waals surface area contributed by atoms with Crippen molar-refractivity contribution in [2.24, 2.45) is 0 Å². The number of carbonyl (C=O) groups excluding carboxylic acids is 1. The number of pyridine rings is 1. The number of benzene rings is 1. The second-order valence-corrected chi connectivity index (χ2v) is 6.65. The molecule has 0 aliphatic carbocycles. The van der Waals surface area contributed by atoms with Crippen LogP contribution in [0, 0.1) is 11.6 Å². The number of carbonyl (C=O) groups is 1. The van der Waals surface area contributed by atoms with E-state index in [1.165, 1.54) is 24.3 Å². The molecule has 1 aliphatic rings. The van der Waals surface area contributed by atoms with Gasteiger partial charge in [-0.05, 0) is 43.2 Å². The van der Waals surface area contributed by atoms with Crippen LogP contribution in [-0.4, -0.2) is 33.8 Å². The van der Waals surface area contributed by atoms with Gasteiger partial charge in [-0.15, -0.1) is 0 Å². The van der Waals surface area contributed by atoms with Crippen molar-refractivity contribution in [3.63, 3.8) is 0 Å². The first-order valence-electron chi connectivity index (χ1n) is 9.08. The number of anilines is 2. The average Bonchev–Trinajstić information content (AvgIpc) is 3.16. The Hall–Kier alpha value is -3.29. The molecule has 0 spiro atoms. The van der Waals surface area contributed by atoms with Gasteiger partial charge in [-0.3, -0.25) is 4.79 Å². The fourth-order valence-electron chi connectivity index (χ4n) is 3.45. The standard InChI is InChI=1S/C20H19F2N5O/c21-15-4-1-3-14(13-15)20(28)25-18-6-10-24-27(18)16-7-11-26(12-8-16)19-17(22)5-2-9-23-19/h1-6,9-10,13,16H,7-8,11-12H2,(H,25,28). The Balaban J connectivity index is 1.44. The molecule has 3 aromatic rings. The summed E-state index contributed by atoms with van der Waals surface area (Å²) in [6.07, 6.45) is 4.67. The van der Waals surface area contributed by atoms with Crippen molar-refractivity contribution in [2.75, 3.05) is 23.3 Å². The Kier molecular flexibility index (Phi) is 5.01. The van der Waals surface area contributed by atoms with E-state index >= 15 is 0 Å². The van der Waals surface area contributed by atoms with Crippen LogP contribution >= 0.6 is 0 Å². The van der Waals surface area contributed by atoms with Crippen molar-refractivity contribution in [3.05, 3.63) is 72.1 Å². The lowest BCUT2D eigenvalue weighted by Gasteiger charge is -2.33. The van der Waals surface area contributed by atoms with Crippen molar-refractivity contribution in [2.45, 2.75) is 18.9 Å². The van der Waals surface area contributed by atoms with Gasteiger partial charge in [0.25, 0.3) is 5.91 Å². The van der Waals surface area contributed by atoms with E-state index in [1.54, 1.807) is 35.3 Å². The zero-order chi connectivity index (χ0) is 19.5. The molecule has 1 amide bonds.